The Bertz CT molecular complexity index is 238. The lowest BCUT2D eigenvalue weighted by atomic mass is 10.2. The van der Waals surface area contributed by atoms with E-state index in [0.717, 1.165) is 7.11 Å². The number of hydrogen-bond acceptors (Lipinski definition) is 5. The molecule has 0 aromatic rings. The summed E-state index contributed by atoms with van der Waals surface area (Å²) < 4.78 is 24.1. The molecule has 1 N–H and O–H groups in total. The Morgan fingerprint density at radius 2 is 1.86 bits per heavy atom. The van der Waals surface area contributed by atoms with Gasteiger partial charge in [-0.05, 0) is 6.92 Å². The minimum Gasteiger partial charge on any atom is -0.435 e. The molecule has 0 aliphatic carbocycles. The number of phosphoric ester groups is 1. The summed E-state index contributed by atoms with van der Waals surface area (Å²) in [6.07, 6.45) is -1.11. The number of phosphoric acid groups is 1. The molecule has 0 amide bonds. The van der Waals surface area contributed by atoms with Crippen molar-refractivity contribution in [1.82, 2.24) is 0 Å². The maximum atomic E-state index is 11.0. The predicted octanol–water partition coefficient (Wildman–Crippen LogP) is 1.29. The van der Waals surface area contributed by atoms with Gasteiger partial charge in [0, 0.05) is 7.11 Å². The molecule has 0 saturated carbocycles. The minimum absolute atomic E-state index is 0.318. The molecule has 7 heteroatoms. The van der Waals surface area contributed by atoms with Crippen molar-refractivity contribution < 1.29 is 28.0 Å². The van der Waals surface area contributed by atoms with Gasteiger partial charge in [0.05, 0.1) is 5.92 Å². The molecule has 0 radical (unpaired) electrons. The van der Waals surface area contributed by atoms with Crippen molar-refractivity contribution in [3.63, 3.8) is 0 Å². The Kier molecular flexibility index (Phi) is 5.29. The number of ether oxygens (including phenoxy) is 1. The normalized spacial score (nSPS) is 17.6. The summed E-state index contributed by atoms with van der Waals surface area (Å²) in [7, 11) is -3.07. The summed E-state index contributed by atoms with van der Waals surface area (Å²) in [6.45, 7) is 4.62. The summed E-state index contributed by atoms with van der Waals surface area (Å²) in [4.78, 5) is 19.9. The highest BCUT2D eigenvalue weighted by Crippen LogP contribution is 2.43. The maximum absolute atomic E-state index is 11.0. The Morgan fingerprint density at radius 1 is 1.36 bits per heavy atom. The topological polar surface area (TPSA) is 82.1 Å². The van der Waals surface area contributed by atoms with E-state index in [1.54, 1.807) is 13.8 Å². The average molecular weight is 226 g/mol. The number of carbonyl (C=O) groups is 1. The van der Waals surface area contributed by atoms with Crippen molar-refractivity contribution >= 4 is 13.8 Å². The lowest BCUT2D eigenvalue weighted by molar-refractivity contribution is -0.166. The van der Waals surface area contributed by atoms with Crippen LogP contribution in [0.2, 0.25) is 0 Å². The highest BCUT2D eigenvalue weighted by Gasteiger charge is 2.25. The van der Waals surface area contributed by atoms with Crippen LogP contribution in [0.4, 0.5) is 0 Å². The molecule has 0 aromatic heterocycles. The quantitative estimate of drug-likeness (QED) is 0.432. The standard InChI is InChI=1S/C7H15O6P/c1-5(2)7(8)12-6(3)13-14(9,10)11-4/h5-6H,1-4H3,(H,9,10). The second-order valence-corrected chi connectivity index (χ2v) is 4.43. The largest absolute Gasteiger partial charge is 0.475 e. The van der Waals surface area contributed by atoms with E-state index in [0.29, 0.717) is 0 Å². The molecule has 0 aliphatic heterocycles. The van der Waals surface area contributed by atoms with Gasteiger partial charge in [-0.25, -0.2) is 9.09 Å². The molecule has 6 nitrogen and oxygen atoms in total. The molecule has 0 aliphatic rings. The van der Waals surface area contributed by atoms with Gasteiger partial charge in [-0.15, -0.1) is 0 Å². The van der Waals surface area contributed by atoms with Crippen LogP contribution in [-0.2, 0) is 23.1 Å². The Morgan fingerprint density at radius 3 is 2.21 bits per heavy atom. The van der Waals surface area contributed by atoms with Crippen LogP contribution in [0.5, 0.6) is 0 Å². The molecule has 0 rings (SSSR count). The number of rotatable bonds is 5. The van der Waals surface area contributed by atoms with Gasteiger partial charge in [0.25, 0.3) is 0 Å². The second kappa shape index (κ2) is 5.46. The van der Waals surface area contributed by atoms with Crippen molar-refractivity contribution in [2.45, 2.75) is 27.1 Å². The van der Waals surface area contributed by atoms with Gasteiger partial charge in [0.15, 0.2) is 0 Å². The van der Waals surface area contributed by atoms with E-state index >= 15 is 0 Å². The van der Waals surface area contributed by atoms with Crippen LogP contribution >= 0.6 is 7.82 Å². The molecule has 84 valence electrons. The van der Waals surface area contributed by atoms with Gasteiger partial charge >= 0.3 is 13.8 Å². The Hall–Kier alpha value is -0.420. The van der Waals surface area contributed by atoms with Crippen LogP contribution in [-0.4, -0.2) is 24.3 Å². The zero-order valence-electron chi connectivity index (χ0n) is 8.59. The number of carbonyl (C=O) groups excluding carboxylic acids is 1. The van der Waals surface area contributed by atoms with E-state index in [9.17, 15) is 9.36 Å². The molecular formula is C7H15O6P. The Balaban J connectivity index is 4.05. The van der Waals surface area contributed by atoms with Gasteiger partial charge in [-0.1, -0.05) is 13.8 Å². The van der Waals surface area contributed by atoms with E-state index < -0.39 is 20.1 Å². The van der Waals surface area contributed by atoms with Gasteiger partial charge in [0.2, 0.25) is 6.29 Å². The third-order valence-corrected chi connectivity index (χ3v) is 2.29. The summed E-state index contributed by atoms with van der Waals surface area (Å²) >= 11 is 0. The molecule has 0 bridgehead atoms. The highest BCUT2D eigenvalue weighted by molar-refractivity contribution is 7.47. The van der Waals surface area contributed by atoms with Gasteiger partial charge in [-0.3, -0.25) is 9.32 Å². The monoisotopic (exact) mass is 226 g/mol. The van der Waals surface area contributed by atoms with E-state index in [-0.39, 0.29) is 5.92 Å². The summed E-state index contributed by atoms with van der Waals surface area (Å²) in [5, 5.41) is 0. The predicted molar refractivity (Wildman–Crippen MR) is 48.3 cm³/mol. The zero-order valence-corrected chi connectivity index (χ0v) is 9.48. The maximum Gasteiger partial charge on any atom is 0.475 e. The summed E-state index contributed by atoms with van der Waals surface area (Å²) in [5.74, 6) is -0.824. The fourth-order valence-corrected chi connectivity index (χ4v) is 1.06. The van der Waals surface area contributed by atoms with E-state index in [2.05, 4.69) is 13.8 Å². The van der Waals surface area contributed by atoms with E-state index in [4.69, 9.17) is 4.89 Å². The van der Waals surface area contributed by atoms with Gasteiger partial charge in [-0.2, -0.15) is 0 Å². The molecule has 2 atom stereocenters. The first kappa shape index (κ1) is 13.6. The van der Waals surface area contributed by atoms with Crippen molar-refractivity contribution in [2.75, 3.05) is 7.11 Å². The lowest BCUT2D eigenvalue weighted by Gasteiger charge is -2.17. The van der Waals surface area contributed by atoms with Crippen LogP contribution in [0.1, 0.15) is 20.8 Å². The fraction of sp³-hybridized carbons (Fsp3) is 0.857. The van der Waals surface area contributed by atoms with Crippen LogP contribution in [0.25, 0.3) is 0 Å². The van der Waals surface area contributed by atoms with Gasteiger partial charge in [0.1, 0.15) is 0 Å². The third-order valence-electron chi connectivity index (χ3n) is 1.27. The fourth-order valence-electron chi connectivity index (χ4n) is 0.552. The molecule has 0 saturated heterocycles. The summed E-state index contributed by atoms with van der Waals surface area (Å²) in [5.41, 5.74) is 0. The van der Waals surface area contributed by atoms with Crippen LogP contribution < -0.4 is 0 Å². The SMILES string of the molecule is COP(=O)(O)OC(C)OC(=O)C(C)C. The zero-order chi connectivity index (χ0) is 11.4. The van der Waals surface area contributed by atoms with Crippen molar-refractivity contribution in [2.24, 2.45) is 5.92 Å². The first-order chi connectivity index (χ1) is 6.28. The molecule has 14 heavy (non-hydrogen) atoms. The van der Waals surface area contributed by atoms with Crippen LogP contribution in [0.15, 0.2) is 0 Å². The van der Waals surface area contributed by atoms with Crippen molar-refractivity contribution in [1.29, 1.82) is 0 Å². The number of esters is 1. The average Bonchev–Trinajstić information content (AvgIpc) is 2.02. The molecule has 0 fully saturated rings. The van der Waals surface area contributed by atoms with E-state index in [1.165, 1.54) is 6.92 Å². The molecule has 2 unspecified atom stereocenters. The second-order valence-electron chi connectivity index (χ2n) is 2.92. The molecular weight excluding hydrogens is 211 g/mol. The smallest absolute Gasteiger partial charge is 0.435 e. The first-order valence-electron chi connectivity index (χ1n) is 4.06. The number of hydrogen-bond donors (Lipinski definition) is 1. The van der Waals surface area contributed by atoms with Crippen LogP contribution in [0.3, 0.4) is 0 Å². The minimum atomic E-state index is -4.09. The van der Waals surface area contributed by atoms with Crippen LogP contribution in [0, 0.1) is 5.92 Å². The molecule has 0 spiro atoms. The van der Waals surface area contributed by atoms with Gasteiger partial charge < -0.3 is 9.63 Å². The van der Waals surface area contributed by atoms with E-state index in [1.807, 2.05) is 0 Å². The first-order valence-corrected chi connectivity index (χ1v) is 5.55. The lowest BCUT2D eigenvalue weighted by Crippen LogP contribution is -2.20. The van der Waals surface area contributed by atoms with Crippen molar-refractivity contribution in [3.05, 3.63) is 0 Å². The van der Waals surface area contributed by atoms with Crippen molar-refractivity contribution in [3.8, 4) is 0 Å². The molecule has 0 heterocycles. The summed E-state index contributed by atoms with van der Waals surface area (Å²) in [6, 6.07) is 0. The third kappa shape index (κ3) is 5.34. The Labute approximate surface area is 82.8 Å². The highest BCUT2D eigenvalue weighted by atomic mass is 31.2. The molecule has 0 aromatic carbocycles.